The third-order valence-corrected chi connectivity index (χ3v) is 3.51. The molecule has 0 saturated carbocycles. The first-order chi connectivity index (χ1) is 8.06. The monoisotopic (exact) mass is 232 g/mol. The van der Waals surface area contributed by atoms with Crippen molar-refractivity contribution < 1.29 is 9.53 Å². The molecule has 1 saturated heterocycles. The van der Waals surface area contributed by atoms with E-state index in [-0.39, 0.29) is 17.9 Å². The van der Waals surface area contributed by atoms with E-state index in [4.69, 9.17) is 4.74 Å². The second kappa shape index (κ2) is 3.47. The van der Waals surface area contributed by atoms with Gasteiger partial charge in [-0.2, -0.15) is 0 Å². The normalized spacial score (nSPS) is 25.3. The van der Waals surface area contributed by atoms with Crippen LogP contribution >= 0.6 is 0 Å². The fraction of sp³-hybridized carbons (Fsp3) is 0.462. The van der Waals surface area contributed by atoms with Crippen LogP contribution in [0.15, 0.2) is 18.2 Å². The minimum absolute atomic E-state index is 0.0875. The average Bonchev–Trinajstić information content (AvgIpc) is 2.27. The van der Waals surface area contributed by atoms with Gasteiger partial charge in [0.15, 0.2) is 6.61 Å². The first kappa shape index (κ1) is 10.6. The topological polar surface area (TPSA) is 50.4 Å². The predicted octanol–water partition coefficient (Wildman–Crippen LogP) is 1.69. The van der Waals surface area contributed by atoms with E-state index in [1.54, 1.807) is 0 Å². The number of hydrogen-bond acceptors (Lipinski definition) is 3. The maximum atomic E-state index is 11.3. The van der Waals surface area contributed by atoms with Crippen LogP contribution in [-0.2, 0) is 4.79 Å². The smallest absolute Gasteiger partial charge is 0.262 e. The zero-order valence-corrected chi connectivity index (χ0v) is 10.0. The van der Waals surface area contributed by atoms with Gasteiger partial charge in [0.05, 0.1) is 5.69 Å². The molecule has 2 heterocycles. The molecular weight excluding hydrogens is 216 g/mol. The third kappa shape index (κ3) is 1.69. The third-order valence-electron chi connectivity index (χ3n) is 3.51. The molecule has 0 spiro atoms. The minimum Gasteiger partial charge on any atom is -0.482 e. The van der Waals surface area contributed by atoms with Gasteiger partial charge in [0.2, 0.25) is 0 Å². The number of carbonyl (C=O) groups excluding carboxylic acids is 1. The van der Waals surface area contributed by atoms with E-state index in [0.717, 1.165) is 18.0 Å². The first-order valence-corrected chi connectivity index (χ1v) is 5.86. The Bertz CT molecular complexity index is 482. The summed E-state index contributed by atoms with van der Waals surface area (Å²) in [5.41, 5.74) is 2.25. The zero-order valence-electron chi connectivity index (χ0n) is 10.0. The van der Waals surface area contributed by atoms with E-state index >= 15 is 0 Å². The summed E-state index contributed by atoms with van der Waals surface area (Å²) in [6.07, 6.45) is 0. The summed E-state index contributed by atoms with van der Waals surface area (Å²) in [6.45, 7) is 5.61. The fourth-order valence-corrected chi connectivity index (χ4v) is 2.46. The number of ether oxygens (including phenoxy) is 1. The molecule has 4 nitrogen and oxygen atoms in total. The van der Waals surface area contributed by atoms with E-state index in [2.05, 4.69) is 30.5 Å². The second-order valence-corrected chi connectivity index (χ2v) is 5.39. The number of anilines is 1. The van der Waals surface area contributed by atoms with Crippen molar-refractivity contribution in [1.82, 2.24) is 5.32 Å². The van der Waals surface area contributed by atoms with Crippen molar-refractivity contribution in [2.75, 3.05) is 18.5 Å². The summed E-state index contributed by atoms with van der Waals surface area (Å²) in [4.78, 5) is 11.3. The van der Waals surface area contributed by atoms with E-state index in [1.807, 2.05) is 12.1 Å². The predicted molar refractivity (Wildman–Crippen MR) is 65.1 cm³/mol. The number of fused-ring (bicyclic) bond motifs is 1. The van der Waals surface area contributed by atoms with Gasteiger partial charge in [-0.25, -0.2) is 0 Å². The highest BCUT2D eigenvalue weighted by molar-refractivity contribution is 5.95. The van der Waals surface area contributed by atoms with Crippen molar-refractivity contribution in [2.24, 2.45) is 5.41 Å². The van der Waals surface area contributed by atoms with Crippen LogP contribution in [0.25, 0.3) is 0 Å². The molecule has 1 unspecified atom stereocenters. The fourth-order valence-electron chi connectivity index (χ4n) is 2.46. The molecule has 0 bridgehead atoms. The van der Waals surface area contributed by atoms with Gasteiger partial charge in [-0.15, -0.1) is 0 Å². The summed E-state index contributed by atoms with van der Waals surface area (Å²) in [6, 6.07) is 6.35. The van der Waals surface area contributed by atoms with Crippen LogP contribution in [0.2, 0.25) is 0 Å². The van der Waals surface area contributed by atoms with E-state index < -0.39 is 0 Å². The quantitative estimate of drug-likeness (QED) is 0.774. The standard InChI is InChI=1S/C13H16N2O2/c1-13(2)7-14-12(13)8-3-4-10-9(5-8)15-11(16)6-17-10/h3-5,12,14H,6-7H2,1-2H3,(H,15,16). The number of rotatable bonds is 1. The van der Waals surface area contributed by atoms with Gasteiger partial charge in [-0.05, 0) is 23.1 Å². The number of carbonyl (C=O) groups is 1. The molecule has 4 heteroatoms. The molecular formula is C13H16N2O2. The Morgan fingerprint density at radius 1 is 1.41 bits per heavy atom. The minimum atomic E-state index is -0.0875. The molecule has 1 amide bonds. The largest absolute Gasteiger partial charge is 0.482 e. The highest BCUT2D eigenvalue weighted by Gasteiger charge is 2.39. The Morgan fingerprint density at radius 3 is 2.88 bits per heavy atom. The molecule has 3 rings (SSSR count). The van der Waals surface area contributed by atoms with Crippen molar-refractivity contribution in [1.29, 1.82) is 0 Å². The van der Waals surface area contributed by atoms with Crippen molar-refractivity contribution >= 4 is 11.6 Å². The molecule has 0 aliphatic carbocycles. The maximum Gasteiger partial charge on any atom is 0.262 e. The van der Waals surface area contributed by atoms with Gasteiger partial charge in [-0.3, -0.25) is 4.79 Å². The average molecular weight is 232 g/mol. The van der Waals surface area contributed by atoms with Gasteiger partial charge < -0.3 is 15.4 Å². The van der Waals surface area contributed by atoms with Crippen molar-refractivity contribution in [2.45, 2.75) is 19.9 Å². The van der Waals surface area contributed by atoms with Gasteiger partial charge in [-0.1, -0.05) is 19.9 Å². The number of nitrogens with one attached hydrogen (secondary N) is 2. The van der Waals surface area contributed by atoms with E-state index in [1.165, 1.54) is 5.56 Å². The van der Waals surface area contributed by atoms with Crippen molar-refractivity contribution in [3.8, 4) is 5.75 Å². The SMILES string of the molecule is CC1(C)CNC1c1ccc2c(c1)NC(=O)CO2. The number of hydrogen-bond donors (Lipinski definition) is 2. The Kier molecular flexibility index (Phi) is 2.16. The van der Waals surface area contributed by atoms with E-state index in [0.29, 0.717) is 6.04 Å². The Morgan fingerprint density at radius 2 is 2.24 bits per heavy atom. The Hall–Kier alpha value is -1.55. The van der Waals surface area contributed by atoms with Crippen molar-refractivity contribution in [3.05, 3.63) is 23.8 Å². The Labute approximate surface area is 100 Å². The lowest BCUT2D eigenvalue weighted by Crippen LogP contribution is -2.52. The molecule has 1 atom stereocenters. The lowest BCUT2D eigenvalue weighted by molar-refractivity contribution is -0.118. The molecule has 2 aliphatic heterocycles. The molecule has 0 aromatic heterocycles. The number of amides is 1. The molecule has 1 aromatic carbocycles. The summed E-state index contributed by atoms with van der Waals surface area (Å²) < 4.78 is 5.34. The lowest BCUT2D eigenvalue weighted by Gasteiger charge is -2.46. The van der Waals surface area contributed by atoms with Crippen LogP contribution < -0.4 is 15.4 Å². The van der Waals surface area contributed by atoms with Crippen molar-refractivity contribution in [3.63, 3.8) is 0 Å². The lowest BCUT2D eigenvalue weighted by atomic mass is 9.74. The Balaban J connectivity index is 1.93. The summed E-state index contributed by atoms with van der Waals surface area (Å²) >= 11 is 0. The van der Waals surface area contributed by atoms with E-state index in [9.17, 15) is 4.79 Å². The molecule has 1 fully saturated rings. The van der Waals surface area contributed by atoms with Crippen LogP contribution in [0.5, 0.6) is 5.75 Å². The van der Waals surface area contributed by atoms with Gasteiger partial charge in [0, 0.05) is 12.6 Å². The van der Waals surface area contributed by atoms with Crippen LogP contribution in [0.3, 0.4) is 0 Å². The molecule has 1 aromatic rings. The summed E-state index contributed by atoms with van der Waals surface area (Å²) in [5.74, 6) is 0.668. The van der Waals surface area contributed by atoms with Crippen LogP contribution in [0.1, 0.15) is 25.5 Å². The van der Waals surface area contributed by atoms with Crippen LogP contribution in [-0.4, -0.2) is 19.1 Å². The van der Waals surface area contributed by atoms with Gasteiger partial charge in [0.25, 0.3) is 5.91 Å². The number of benzene rings is 1. The second-order valence-electron chi connectivity index (χ2n) is 5.39. The summed E-state index contributed by atoms with van der Waals surface area (Å²) in [5, 5.41) is 6.26. The van der Waals surface area contributed by atoms with Gasteiger partial charge >= 0.3 is 0 Å². The summed E-state index contributed by atoms with van der Waals surface area (Å²) in [7, 11) is 0. The molecule has 0 radical (unpaired) electrons. The highest BCUT2D eigenvalue weighted by Crippen LogP contribution is 2.42. The molecule has 2 N–H and O–H groups in total. The molecule has 2 aliphatic rings. The van der Waals surface area contributed by atoms with Crippen LogP contribution in [0, 0.1) is 5.41 Å². The zero-order chi connectivity index (χ0) is 12.0. The first-order valence-electron chi connectivity index (χ1n) is 5.86. The molecule has 17 heavy (non-hydrogen) atoms. The maximum absolute atomic E-state index is 11.3. The van der Waals surface area contributed by atoms with Gasteiger partial charge in [0.1, 0.15) is 5.75 Å². The van der Waals surface area contributed by atoms with Crippen LogP contribution in [0.4, 0.5) is 5.69 Å². The highest BCUT2D eigenvalue weighted by atomic mass is 16.5. The molecule has 90 valence electrons.